The van der Waals surface area contributed by atoms with Crippen LogP contribution in [0.3, 0.4) is 0 Å². The molecule has 0 saturated carbocycles. The van der Waals surface area contributed by atoms with Gasteiger partial charge in [-0.2, -0.15) is 0 Å². The number of hydrogen-bond donors (Lipinski definition) is 2. The summed E-state index contributed by atoms with van der Waals surface area (Å²) in [4.78, 5) is 4.87. The molecule has 0 unspecified atom stereocenters. The van der Waals surface area contributed by atoms with Gasteiger partial charge in [0.05, 0.1) is 0 Å². The molecular weight excluding hydrogens is 481 g/mol. The molecule has 0 aromatic carbocycles. The van der Waals surface area contributed by atoms with Crippen LogP contribution in [0.15, 0.2) is 0 Å². The monoisotopic (exact) mass is 499 g/mol. The third-order valence-electron chi connectivity index (χ3n) is 1.03. The van der Waals surface area contributed by atoms with Crippen LogP contribution in [0.5, 0.6) is 0 Å². The van der Waals surface area contributed by atoms with E-state index in [2.05, 4.69) is 23.8 Å². The molecule has 11 heavy (non-hydrogen) atoms. The van der Waals surface area contributed by atoms with Gasteiger partial charge in [-0.25, -0.2) is 0 Å². The van der Waals surface area contributed by atoms with Gasteiger partial charge in [-0.3, -0.25) is 0 Å². The van der Waals surface area contributed by atoms with Crippen LogP contribution in [-0.4, -0.2) is 21.0 Å². The van der Waals surface area contributed by atoms with Crippen LogP contribution in [-0.2, 0) is 0 Å². The molecule has 5 heteroatoms. The Hall–Kier alpha value is 2.11. The van der Waals surface area contributed by atoms with E-state index in [4.69, 9.17) is 0 Å². The molecule has 0 aliphatic rings. The first-order valence-corrected chi connectivity index (χ1v) is 18.0. The van der Waals surface area contributed by atoms with Crippen LogP contribution in [0.25, 0.3) is 0 Å². The minimum atomic E-state index is -0.517. The van der Waals surface area contributed by atoms with Crippen LogP contribution < -0.4 is 45.8 Å². The van der Waals surface area contributed by atoms with Gasteiger partial charge in [-0.05, 0) is 0 Å². The van der Waals surface area contributed by atoms with Gasteiger partial charge in [0.2, 0.25) is 0 Å². The predicted octanol–water partition coefficient (Wildman–Crippen LogP) is -5.80. The number of quaternary nitrogens is 1. The van der Waals surface area contributed by atoms with Crippen molar-refractivity contribution in [2.75, 3.05) is 21.0 Å². The van der Waals surface area contributed by atoms with Gasteiger partial charge in [-0.1, -0.05) is 0 Å². The molecule has 0 aliphatic heterocycles. The van der Waals surface area contributed by atoms with Crippen molar-refractivity contribution >= 4 is 16.1 Å². The van der Waals surface area contributed by atoms with E-state index in [-0.39, 0.29) is 0 Å². The molecule has 74 valence electrons. The van der Waals surface area contributed by atoms with E-state index in [1.807, 2.05) is 0 Å². The summed E-state index contributed by atoms with van der Waals surface area (Å²) in [5.74, 6) is 0. The summed E-state index contributed by atoms with van der Waals surface area (Å²) in [7, 11) is 0. The van der Waals surface area contributed by atoms with Crippen LogP contribution in [0.2, 0.25) is 0 Å². The quantitative estimate of drug-likeness (QED) is 0.118. The van der Waals surface area contributed by atoms with Crippen molar-refractivity contribution in [2.24, 2.45) is 0 Å². The molecule has 0 bridgehead atoms. The molecule has 0 heterocycles. The van der Waals surface area contributed by atoms with E-state index >= 15 is 0 Å². The third-order valence-corrected chi connectivity index (χ3v) is 17.4. The first kappa shape index (κ1) is 13.1. The standard InChI is InChI=1S/C6H18I3N2/c1-4-5-10-8-6-11-9(3)7-2/h11H,4-6,10H2,1-3H3/q-1. The van der Waals surface area contributed by atoms with Crippen LogP contribution in [0, 0.1) is 0 Å². The molecule has 0 saturated heterocycles. The van der Waals surface area contributed by atoms with Gasteiger partial charge in [0.1, 0.15) is 0 Å². The Morgan fingerprint density at radius 3 is 2.82 bits per heavy atom. The number of nitrogens with two attached hydrogens (primary N) is 1. The average molecular weight is 499 g/mol. The molecular formula is C6H18I3N2-. The SMILES string of the molecule is CCC[NH2+][I-]CNI(C)[I-]C. The van der Waals surface area contributed by atoms with Gasteiger partial charge in [-0.15, -0.1) is 0 Å². The minimum absolute atomic E-state index is 0.399. The summed E-state index contributed by atoms with van der Waals surface area (Å²) in [5.41, 5.74) is 0. The molecule has 0 rings (SSSR count). The predicted molar refractivity (Wildman–Crippen MR) is 51.0 cm³/mol. The van der Waals surface area contributed by atoms with Crippen LogP contribution >= 0.6 is 16.1 Å². The second-order valence-electron chi connectivity index (χ2n) is 1.91. The van der Waals surface area contributed by atoms with Crippen molar-refractivity contribution in [2.45, 2.75) is 13.3 Å². The normalized spacial score (nSPS) is 12.5. The molecule has 0 aliphatic carbocycles. The van der Waals surface area contributed by atoms with E-state index in [0.717, 1.165) is 0 Å². The maximum absolute atomic E-state index is 3.71. The van der Waals surface area contributed by atoms with E-state index in [0.29, 0.717) is 38.7 Å². The van der Waals surface area contributed by atoms with E-state index in [1.54, 1.807) is 0 Å². The second-order valence-corrected chi connectivity index (χ2v) is 22.0. The Labute approximate surface area is 94.7 Å². The van der Waals surface area contributed by atoms with Crippen molar-refractivity contribution in [3.63, 3.8) is 0 Å². The number of alkyl halides is 3. The summed E-state index contributed by atoms with van der Waals surface area (Å²) < 4.78 is 7.59. The third kappa shape index (κ3) is 10.0. The molecule has 0 aromatic rings. The van der Waals surface area contributed by atoms with Crippen molar-refractivity contribution in [1.82, 2.24) is 3.53 Å². The topological polar surface area (TPSA) is 28.6 Å². The summed E-state index contributed by atoms with van der Waals surface area (Å²) in [6, 6.07) is 0. The fraction of sp³-hybridized carbons (Fsp3) is 1.00. The summed E-state index contributed by atoms with van der Waals surface area (Å²) in [6.07, 6.45) is 1.33. The van der Waals surface area contributed by atoms with E-state index in [9.17, 15) is 0 Å². The number of rotatable bonds is 7. The Balaban J connectivity index is 2.89. The zero-order valence-corrected chi connectivity index (χ0v) is 13.8. The molecule has 0 amide bonds. The van der Waals surface area contributed by atoms with Gasteiger partial charge in [0.15, 0.2) is 0 Å². The Kier molecular flexibility index (Phi) is 12.1. The Morgan fingerprint density at radius 1 is 1.55 bits per heavy atom. The van der Waals surface area contributed by atoms with Crippen LogP contribution in [0.4, 0.5) is 0 Å². The molecule has 0 atom stereocenters. The van der Waals surface area contributed by atoms with Gasteiger partial charge < -0.3 is 0 Å². The summed E-state index contributed by atoms with van der Waals surface area (Å²) in [6.45, 7) is 3.59. The molecule has 0 radical (unpaired) electrons. The zero-order chi connectivity index (χ0) is 8.53. The van der Waals surface area contributed by atoms with Crippen molar-refractivity contribution in [3.05, 3.63) is 0 Å². The van der Waals surface area contributed by atoms with Crippen molar-refractivity contribution < 1.29 is 42.2 Å². The van der Waals surface area contributed by atoms with Crippen molar-refractivity contribution in [1.29, 1.82) is 0 Å². The number of halogens is 3. The fourth-order valence-corrected chi connectivity index (χ4v) is 13.2. The molecule has 0 aromatic heterocycles. The molecule has 2 nitrogen and oxygen atoms in total. The number of nitrogens with one attached hydrogen (secondary N) is 1. The molecule has 0 spiro atoms. The first-order chi connectivity index (χ1) is 5.31. The van der Waals surface area contributed by atoms with Gasteiger partial charge >= 0.3 is 96.2 Å². The molecule has 3 N–H and O–H groups in total. The fourth-order valence-electron chi connectivity index (χ4n) is 0.390. The average Bonchev–Trinajstić information content (AvgIpc) is 2.04. The van der Waals surface area contributed by atoms with Gasteiger partial charge in [0.25, 0.3) is 0 Å². The summed E-state index contributed by atoms with van der Waals surface area (Å²) >= 11 is 0.450. The van der Waals surface area contributed by atoms with E-state index in [1.165, 1.54) is 17.5 Å². The second kappa shape index (κ2) is 10.2. The Bertz CT molecular complexity index is 82.2. The van der Waals surface area contributed by atoms with Gasteiger partial charge in [0, 0.05) is 0 Å². The molecule has 0 fully saturated rings. The Morgan fingerprint density at radius 2 is 2.27 bits per heavy atom. The first-order valence-electron chi connectivity index (χ1n) is 3.54. The maximum atomic E-state index is 3.71. The van der Waals surface area contributed by atoms with Crippen LogP contribution in [0.1, 0.15) is 13.3 Å². The van der Waals surface area contributed by atoms with Crippen molar-refractivity contribution in [3.8, 4) is 0 Å². The summed E-state index contributed by atoms with van der Waals surface area (Å²) in [5, 5.41) is 0. The van der Waals surface area contributed by atoms with E-state index < -0.39 is 16.1 Å². The zero-order valence-electron chi connectivity index (χ0n) is 7.33. The number of hydrogen-bond acceptors (Lipinski definition) is 1.